The normalized spacial score (nSPS) is 21.4. The molecule has 2 fully saturated rings. The van der Waals surface area contributed by atoms with E-state index in [0.717, 1.165) is 50.8 Å². The summed E-state index contributed by atoms with van der Waals surface area (Å²) in [5.41, 5.74) is 1.01. The highest BCUT2D eigenvalue weighted by Crippen LogP contribution is 2.31. The van der Waals surface area contributed by atoms with Gasteiger partial charge in [-0.3, -0.25) is 9.59 Å². The standard InChI is InChI=1S/C19H25FN2O2/c20-16-10-8-15(9-11-16)17-5-1-2-14-22(17)19(24)7-4-13-21-12-3-6-18(21)23/h8-11,17H,1-7,12-14H2/t17-/m1/s1. The van der Waals surface area contributed by atoms with Crippen LogP contribution in [-0.2, 0) is 9.59 Å². The Hall–Kier alpha value is -1.91. The van der Waals surface area contributed by atoms with Crippen molar-refractivity contribution in [3.63, 3.8) is 0 Å². The lowest BCUT2D eigenvalue weighted by Gasteiger charge is -2.36. The minimum atomic E-state index is -0.247. The van der Waals surface area contributed by atoms with Crippen LogP contribution < -0.4 is 0 Å². The van der Waals surface area contributed by atoms with Crippen LogP contribution in [0.4, 0.5) is 4.39 Å². The zero-order valence-corrected chi connectivity index (χ0v) is 14.0. The molecule has 1 aromatic carbocycles. The molecule has 2 aliphatic rings. The molecule has 3 rings (SSSR count). The summed E-state index contributed by atoms with van der Waals surface area (Å²) in [6.07, 6.45) is 5.82. The van der Waals surface area contributed by atoms with Crippen molar-refractivity contribution < 1.29 is 14.0 Å². The molecule has 2 aliphatic heterocycles. The molecule has 1 aromatic rings. The minimum absolute atomic E-state index is 0.0558. The molecular weight excluding hydrogens is 307 g/mol. The molecule has 0 bridgehead atoms. The molecule has 0 radical (unpaired) electrons. The van der Waals surface area contributed by atoms with Gasteiger partial charge in [-0.25, -0.2) is 4.39 Å². The van der Waals surface area contributed by atoms with Gasteiger partial charge in [-0.1, -0.05) is 12.1 Å². The highest BCUT2D eigenvalue weighted by Gasteiger charge is 2.28. The zero-order valence-electron chi connectivity index (χ0n) is 14.0. The van der Waals surface area contributed by atoms with Crippen molar-refractivity contribution in [2.45, 2.75) is 51.0 Å². The monoisotopic (exact) mass is 332 g/mol. The van der Waals surface area contributed by atoms with E-state index in [9.17, 15) is 14.0 Å². The van der Waals surface area contributed by atoms with E-state index in [1.807, 2.05) is 9.80 Å². The SMILES string of the molecule is O=C1CCCN1CCCC(=O)N1CCCC[C@@H]1c1ccc(F)cc1. The van der Waals surface area contributed by atoms with E-state index in [0.29, 0.717) is 19.4 Å². The van der Waals surface area contributed by atoms with Gasteiger partial charge < -0.3 is 9.80 Å². The van der Waals surface area contributed by atoms with Gasteiger partial charge in [0.1, 0.15) is 5.82 Å². The number of likely N-dealkylation sites (tertiary alicyclic amines) is 2. The second-order valence-electron chi connectivity index (χ2n) is 6.74. The van der Waals surface area contributed by atoms with Gasteiger partial charge >= 0.3 is 0 Å². The van der Waals surface area contributed by atoms with E-state index in [2.05, 4.69) is 0 Å². The average molecular weight is 332 g/mol. The smallest absolute Gasteiger partial charge is 0.223 e. The van der Waals surface area contributed by atoms with Crippen molar-refractivity contribution >= 4 is 11.8 Å². The Balaban J connectivity index is 1.57. The maximum atomic E-state index is 13.1. The van der Waals surface area contributed by atoms with Gasteiger partial charge in [-0.2, -0.15) is 0 Å². The van der Waals surface area contributed by atoms with Gasteiger partial charge in [0, 0.05) is 32.5 Å². The third-order valence-corrected chi connectivity index (χ3v) is 5.07. The van der Waals surface area contributed by atoms with Crippen molar-refractivity contribution in [2.24, 2.45) is 0 Å². The fourth-order valence-electron chi connectivity index (χ4n) is 3.77. The van der Waals surface area contributed by atoms with Gasteiger partial charge in [0.05, 0.1) is 6.04 Å². The minimum Gasteiger partial charge on any atom is -0.343 e. The predicted molar refractivity (Wildman–Crippen MR) is 89.8 cm³/mol. The van der Waals surface area contributed by atoms with Crippen molar-refractivity contribution in [2.75, 3.05) is 19.6 Å². The van der Waals surface area contributed by atoms with E-state index in [-0.39, 0.29) is 23.7 Å². The maximum Gasteiger partial charge on any atom is 0.223 e. The number of hydrogen-bond donors (Lipinski definition) is 0. The molecule has 1 atom stereocenters. The Morgan fingerprint density at radius 3 is 2.62 bits per heavy atom. The molecule has 24 heavy (non-hydrogen) atoms. The first-order valence-electron chi connectivity index (χ1n) is 8.98. The number of hydrogen-bond acceptors (Lipinski definition) is 2. The lowest BCUT2D eigenvalue weighted by molar-refractivity contribution is -0.136. The van der Waals surface area contributed by atoms with Crippen LogP contribution in [0.1, 0.15) is 56.6 Å². The first-order valence-corrected chi connectivity index (χ1v) is 8.98. The van der Waals surface area contributed by atoms with Crippen molar-refractivity contribution in [3.8, 4) is 0 Å². The van der Waals surface area contributed by atoms with Crippen LogP contribution >= 0.6 is 0 Å². The van der Waals surface area contributed by atoms with E-state index < -0.39 is 0 Å². The topological polar surface area (TPSA) is 40.6 Å². The molecule has 0 aromatic heterocycles. The maximum absolute atomic E-state index is 13.1. The number of carbonyl (C=O) groups excluding carboxylic acids is 2. The molecule has 2 saturated heterocycles. The van der Waals surface area contributed by atoms with Gasteiger partial charge in [0.25, 0.3) is 0 Å². The Labute approximate surface area is 142 Å². The molecule has 0 saturated carbocycles. The third kappa shape index (κ3) is 3.94. The summed E-state index contributed by atoms with van der Waals surface area (Å²) in [6.45, 7) is 2.28. The van der Waals surface area contributed by atoms with E-state index in [1.54, 1.807) is 12.1 Å². The number of halogens is 1. The fourth-order valence-corrected chi connectivity index (χ4v) is 3.77. The van der Waals surface area contributed by atoms with Gasteiger partial charge in [-0.15, -0.1) is 0 Å². The quantitative estimate of drug-likeness (QED) is 0.830. The van der Waals surface area contributed by atoms with Crippen molar-refractivity contribution in [3.05, 3.63) is 35.6 Å². The van der Waals surface area contributed by atoms with Gasteiger partial charge in [-0.05, 0) is 49.8 Å². The molecule has 2 amide bonds. The molecule has 0 spiro atoms. The molecule has 2 heterocycles. The van der Waals surface area contributed by atoms with Crippen molar-refractivity contribution in [1.29, 1.82) is 0 Å². The summed E-state index contributed by atoms with van der Waals surface area (Å²) in [5, 5.41) is 0. The number of amides is 2. The second kappa shape index (κ2) is 7.77. The molecule has 5 heteroatoms. The summed E-state index contributed by atoms with van der Waals surface area (Å²) in [5.74, 6) is 0.114. The Kier molecular flexibility index (Phi) is 5.48. The summed E-state index contributed by atoms with van der Waals surface area (Å²) >= 11 is 0. The van der Waals surface area contributed by atoms with Crippen LogP contribution in [0.15, 0.2) is 24.3 Å². The predicted octanol–water partition coefficient (Wildman–Crippen LogP) is 3.28. The molecule has 0 unspecified atom stereocenters. The highest BCUT2D eigenvalue weighted by molar-refractivity contribution is 5.78. The lowest BCUT2D eigenvalue weighted by Crippen LogP contribution is -2.38. The highest BCUT2D eigenvalue weighted by atomic mass is 19.1. The van der Waals surface area contributed by atoms with Crippen LogP contribution in [0.3, 0.4) is 0 Å². The van der Waals surface area contributed by atoms with E-state index in [1.165, 1.54) is 12.1 Å². The molecule has 0 N–H and O–H groups in total. The number of rotatable bonds is 5. The third-order valence-electron chi connectivity index (χ3n) is 5.07. The lowest BCUT2D eigenvalue weighted by atomic mass is 9.94. The molecule has 130 valence electrons. The molecule has 0 aliphatic carbocycles. The van der Waals surface area contributed by atoms with E-state index in [4.69, 9.17) is 0 Å². The van der Waals surface area contributed by atoms with Gasteiger partial charge in [0.15, 0.2) is 0 Å². The fraction of sp³-hybridized carbons (Fsp3) is 0.579. The average Bonchev–Trinajstić information content (AvgIpc) is 3.01. The Bertz CT molecular complexity index is 588. The van der Waals surface area contributed by atoms with Crippen LogP contribution in [0, 0.1) is 5.82 Å². The first kappa shape index (κ1) is 16.9. The van der Waals surface area contributed by atoms with Crippen molar-refractivity contribution in [1.82, 2.24) is 9.80 Å². The number of benzene rings is 1. The number of nitrogens with zero attached hydrogens (tertiary/aromatic N) is 2. The Morgan fingerprint density at radius 2 is 1.92 bits per heavy atom. The summed E-state index contributed by atoms with van der Waals surface area (Å²) in [7, 11) is 0. The zero-order chi connectivity index (χ0) is 16.9. The summed E-state index contributed by atoms with van der Waals surface area (Å²) in [4.78, 5) is 28.1. The van der Waals surface area contributed by atoms with Crippen LogP contribution in [0.5, 0.6) is 0 Å². The van der Waals surface area contributed by atoms with Crippen LogP contribution in [0.25, 0.3) is 0 Å². The second-order valence-corrected chi connectivity index (χ2v) is 6.74. The van der Waals surface area contributed by atoms with E-state index >= 15 is 0 Å². The first-order chi connectivity index (χ1) is 11.6. The van der Waals surface area contributed by atoms with Crippen LogP contribution in [0.2, 0.25) is 0 Å². The Morgan fingerprint density at radius 1 is 1.12 bits per heavy atom. The summed E-state index contributed by atoms with van der Waals surface area (Å²) in [6, 6.07) is 6.56. The molecule has 4 nitrogen and oxygen atoms in total. The number of carbonyl (C=O) groups is 2. The summed E-state index contributed by atoms with van der Waals surface area (Å²) < 4.78 is 13.1. The largest absolute Gasteiger partial charge is 0.343 e. The van der Waals surface area contributed by atoms with Gasteiger partial charge in [0.2, 0.25) is 11.8 Å². The van der Waals surface area contributed by atoms with Crippen LogP contribution in [-0.4, -0.2) is 41.2 Å². The molecular formula is C19H25FN2O2. The number of piperidine rings is 1.